The summed E-state index contributed by atoms with van der Waals surface area (Å²) in [4.78, 5) is 20.6. The minimum absolute atomic E-state index is 0.142. The molecule has 9 heteroatoms. The molecule has 0 radical (unpaired) electrons. The largest absolute Gasteiger partial charge is 0.337 e. The van der Waals surface area contributed by atoms with Gasteiger partial charge in [-0.25, -0.2) is 13.1 Å². The maximum absolute atomic E-state index is 14.3. The SMILES string of the molecule is CCCCC1=NC2(CCCC2)C(=O)N1Cc1ccc(C2=CC=CCC2(CCC(C)C)S(=O)(=O)Nc2onc(C)c2C)cc1. The van der Waals surface area contributed by atoms with Crippen LogP contribution in [0.2, 0.25) is 0 Å². The Morgan fingerprint density at radius 2 is 1.84 bits per heavy atom. The summed E-state index contributed by atoms with van der Waals surface area (Å²) < 4.78 is 35.5. The van der Waals surface area contributed by atoms with E-state index in [0.717, 1.165) is 73.9 Å². The van der Waals surface area contributed by atoms with Gasteiger partial charge in [0.25, 0.3) is 5.91 Å². The van der Waals surface area contributed by atoms with Gasteiger partial charge in [0.1, 0.15) is 16.1 Å². The molecule has 1 atom stereocenters. The van der Waals surface area contributed by atoms with Crippen molar-refractivity contribution in [1.29, 1.82) is 0 Å². The summed E-state index contributed by atoms with van der Waals surface area (Å²) >= 11 is 0. The van der Waals surface area contributed by atoms with Crippen LogP contribution in [-0.4, -0.2) is 40.5 Å². The molecule has 1 aliphatic heterocycles. The highest BCUT2D eigenvalue weighted by atomic mass is 32.2. The van der Waals surface area contributed by atoms with Crippen LogP contribution < -0.4 is 4.72 Å². The van der Waals surface area contributed by atoms with E-state index >= 15 is 0 Å². The number of nitrogens with one attached hydrogen (secondary N) is 1. The Labute approximate surface area is 256 Å². The van der Waals surface area contributed by atoms with E-state index in [1.54, 1.807) is 13.8 Å². The van der Waals surface area contributed by atoms with Crippen molar-refractivity contribution in [2.24, 2.45) is 10.9 Å². The average Bonchev–Trinajstić information content (AvgIpc) is 3.66. The van der Waals surface area contributed by atoms with E-state index in [1.165, 1.54) is 0 Å². The highest BCUT2D eigenvalue weighted by molar-refractivity contribution is 7.94. The van der Waals surface area contributed by atoms with Crippen LogP contribution in [0.4, 0.5) is 5.88 Å². The summed E-state index contributed by atoms with van der Waals surface area (Å²) in [5.41, 5.74) is 3.40. The third-order valence-electron chi connectivity index (χ3n) is 9.45. The van der Waals surface area contributed by atoms with Crippen LogP contribution in [-0.2, 0) is 21.4 Å². The molecule has 2 aromatic rings. The Morgan fingerprint density at radius 3 is 2.47 bits per heavy atom. The first kappa shape index (κ1) is 31.2. The van der Waals surface area contributed by atoms with Gasteiger partial charge in [0.15, 0.2) is 0 Å². The predicted octanol–water partition coefficient (Wildman–Crippen LogP) is 7.50. The molecule has 5 rings (SSSR count). The summed E-state index contributed by atoms with van der Waals surface area (Å²) in [6, 6.07) is 8.04. The first-order valence-electron chi connectivity index (χ1n) is 15.8. The Kier molecular flexibility index (Phi) is 9.02. The number of amidine groups is 1. The molecule has 43 heavy (non-hydrogen) atoms. The molecule has 1 N–H and O–H groups in total. The number of nitrogens with zero attached hydrogens (tertiary/aromatic N) is 3. The summed E-state index contributed by atoms with van der Waals surface area (Å²) in [5.74, 6) is 1.56. The van der Waals surface area contributed by atoms with Crippen molar-refractivity contribution < 1.29 is 17.7 Å². The van der Waals surface area contributed by atoms with Gasteiger partial charge in [0.2, 0.25) is 15.9 Å². The molecule has 1 saturated carbocycles. The third-order valence-corrected chi connectivity index (χ3v) is 11.5. The molecule has 1 aromatic carbocycles. The number of hydrogen-bond donors (Lipinski definition) is 1. The fourth-order valence-electron chi connectivity index (χ4n) is 6.59. The molecule has 1 spiro atoms. The lowest BCUT2D eigenvalue weighted by atomic mass is 9.81. The number of aromatic nitrogens is 1. The first-order chi connectivity index (χ1) is 20.5. The molecule has 1 amide bonds. The van der Waals surface area contributed by atoms with E-state index in [1.807, 2.05) is 47.4 Å². The van der Waals surface area contributed by atoms with Gasteiger partial charge in [-0.2, -0.15) is 0 Å². The summed E-state index contributed by atoms with van der Waals surface area (Å²) in [6.45, 7) is 10.5. The number of sulfonamides is 1. The van der Waals surface area contributed by atoms with Crippen molar-refractivity contribution in [1.82, 2.24) is 10.1 Å². The first-order valence-corrected chi connectivity index (χ1v) is 17.3. The Morgan fingerprint density at radius 1 is 1.12 bits per heavy atom. The number of allylic oxidation sites excluding steroid dienone is 3. The maximum atomic E-state index is 14.3. The van der Waals surface area contributed by atoms with Crippen molar-refractivity contribution in [3.8, 4) is 0 Å². The molecule has 1 fully saturated rings. The molecule has 0 saturated heterocycles. The van der Waals surface area contributed by atoms with Gasteiger partial charge in [-0.1, -0.05) is 87.7 Å². The quantitative estimate of drug-likeness (QED) is 0.269. The minimum atomic E-state index is -3.94. The molecule has 1 unspecified atom stereocenters. The minimum Gasteiger partial charge on any atom is -0.337 e. The van der Waals surface area contributed by atoms with Crippen LogP contribution in [0.3, 0.4) is 0 Å². The second kappa shape index (κ2) is 12.4. The lowest BCUT2D eigenvalue weighted by Crippen LogP contribution is -2.44. The second-order valence-corrected chi connectivity index (χ2v) is 14.9. The molecule has 2 aliphatic carbocycles. The van der Waals surface area contributed by atoms with E-state index in [-0.39, 0.29) is 11.8 Å². The zero-order valence-corrected chi connectivity index (χ0v) is 27.1. The van der Waals surface area contributed by atoms with Crippen LogP contribution in [0.15, 0.2) is 52.0 Å². The second-order valence-electron chi connectivity index (χ2n) is 12.9. The van der Waals surface area contributed by atoms with Gasteiger partial charge in [0, 0.05) is 12.0 Å². The number of carbonyl (C=O) groups excluding carboxylic acids is 1. The third kappa shape index (κ3) is 5.97. The molecule has 3 aliphatic rings. The Balaban J connectivity index is 1.44. The molecule has 1 aromatic heterocycles. The van der Waals surface area contributed by atoms with Gasteiger partial charge >= 0.3 is 0 Å². The van der Waals surface area contributed by atoms with E-state index < -0.39 is 20.3 Å². The summed E-state index contributed by atoms with van der Waals surface area (Å²) in [5, 5.41) is 3.95. The van der Waals surface area contributed by atoms with Gasteiger partial charge < -0.3 is 4.52 Å². The van der Waals surface area contributed by atoms with Crippen LogP contribution in [0.1, 0.15) is 107 Å². The molecular formula is C34H46N4O4S. The van der Waals surface area contributed by atoms with Crippen LogP contribution >= 0.6 is 0 Å². The van der Waals surface area contributed by atoms with Gasteiger partial charge in [-0.15, -0.1) is 0 Å². The Bertz CT molecular complexity index is 1530. The lowest BCUT2D eigenvalue weighted by molar-refractivity contribution is -0.131. The number of aryl methyl sites for hydroxylation is 1. The monoisotopic (exact) mass is 606 g/mol. The molecular weight excluding hydrogens is 560 g/mol. The van der Waals surface area contributed by atoms with Crippen LogP contribution in [0.5, 0.6) is 0 Å². The summed E-state index contributed by atoms with van der Waals surface area (Å²) in [7, 11) is -3.94. The van der Waals surface area contributed by atoms with Crippen molar-refractivity contribution in [2.75, 3.05) is 4.72 Å². The van der Waals surface area contributed by atoms with Crippen LogP contribution in [0, 0.1) is 19.8 Å². The Hall–Kier alpha value is -3.20. The van der Waals surface area contributed by atoms with Crippen LogP contribution in [0.25, 0.3) is 5.57 Å². The highest BCUT2D eigenvalue weighted by Crippen LogP contribution is 2.45. The number of hydrogen-bond acceptors (Lipinski definition) is 6. The lowest BCUT2D eigenvalue weighted by Gasteiger charge is -2.37. The van der Waals surface area contributed by atoms with E-state index in [2.05, 4.69) is 30.6 Å². The van der Waals surface area contributed by atoms with Crippen molar-refractivity contribution in [3.05, 3.63) is 64.9 Å². The molecule has 0 bridgehead atoms. The van der Waals surface area contributed by atoms with E-state index in [9.17, 15) is 13.2 Å². The number of amides is 1. The van der Waals surface area contributed by atoms with Gasteiger partial charge in [0.05, 0.1) is 12.2 Å². The summed E-state index contributed by atoms with van der Waals surface area (Å²) in [6.07, 6.45) is 14.0. The highest BCUT2D eigenvalue weighted by Gasteiger charge is 2.50. The topological polar surface area (TPSA) is 105 Å². The number of carbonyl (C=O) groups is 1. The fourth-order valence-corrected chi connectivity index (χ4v) is 8.40. The standard InChI is InChI=1S/C34H46N4O4S/c1-6-7-13-30-35-33(19-10-11-20-33)32(39)38(30)23-27-14-16-28(17-15-27)29-12-8-9-21-34(29,22-18-24(2)3)43(40,41)37-31-25(4)26(5)36-42-31/h8-9,12,14-17,24,37H,6-7,10-11,13,18-23H2,1-5H3. The zero-order valence-electron chi connectivity index (χ0n) is 26.3. The number of unbranched alkanes of at least 4 members (excludes halogenated alkanes) is 1. The number of rotatable bonds is 12. The predicted molar refractivity (Wildman–Crippen MR) is 172 cm³/mol. The fraction of sp³-hybridized carbons (Fsp3) is 0.559. The average molecular weight is 607 g/mol. The normalized spacial score (nSPS) is 21.6. The van der Waals surface area contributed by atoms with E-state index in [4.69, 9.17) is 9.52 Å². The van der Waals surface area contributed by atoms with Crippen molar-refractivity contribution in [2.45, 2.75) is 116 Å². The molecule has 2 heterocycles. The van der Waals surface area contributed by atoms with E-state index in [0.29, 0.717) is 36.6 Å². The smallest absolute Gasteiger partial charge is 0.256 e. The zero-order chi connectivity index (χ0) is 30.8. The van der Waals surface area contributed by atoms with Gasteiger partial charge in [-0.3, -0.25) is 14.7 Å². The van der Waals surface area contributed by atoms with Crippen molar-refractivity contribution >= 4 is 33.2 Å². The van der Waals surface area contributed by atoms with Crippen molar-refractivity contribution in [3.63, 3.8) is 0 Å². The number of benzene rings is 1. The molecule has 8 nitrogen and oxygen atoms in total. The number of anilines is 1. The molecule has 232 valence electrons. The van der Waals surface area contributed by atoms with Gasteiger partial charge in [-0.05, 0) is 75.0 Å². The maximum Gasteiger partial charge on any atom is 0.256 e. The number of aliphatic imine (C=N–C) groups is 1.